The number of imide groups is 1. The summed E-state index contributed by atoms with van der Waals surface area (Å²) in [6, 6.07) is -0.841. The molecule has 3 amide bonds. The number of hydrogen-bond donors (Lipinski definition) is 3. The lowest BCUT2D eigenvalue weighted by Crippen LogP contribution is -2.68. The lowest BCUT2D eigenvalue weighted by Gasteiger charge is -2.43. The first kappa shape index (κ1) is 15.8. The van der Waals surface area contributed by atoms with Crippen LogP contribution in [0.3, 0.4) is 0 Å². The van der Waals surface area contributed by atoms with Crippen molar-refractivity contribution < 1.29 is 24.5 Å². The van der Waals surface area contributed by atoms with Gasteiger partial charge in [0.15, 0.2) is 0 Å². The number of nitrogens with zero attached hydrogens (tertiary/aromatic N) is 4. The lowest BCUT2D eigenvalue weighted by atomic mass is 10.0. The van der Waals surface area contributed by atoms with Crippen LogP contribution in [0.4, 0.5) is 4.79 Å². The number of aliphatic hydroxyl groups is 2. The molecule has 2 heterocycles. The molecule has 21 heavy (non-hydrogen) atoms. The Bertz CT molecular complexity index is 508. The molecule has 2 aliphatic rings. The van der Waals surface area contributed by atoms with E-state index in [1.54, 1.807) is 0 Å². The Morgan fingerprint density at radius 1 is 1.67 bits per heavy atom. The standard InChI is InChI=1S/C10H14ClN5O5/c1-10(11)7(14-15-12)16(9(20)13-8(10)19)6-2-4(18)5(3-17)21-6/h4-7,17-18H,2-3H2,1H3,(H,13,19,20)/t4-,5+,6+,7?,10?/m0/s1. The van der Waals surface area contributed by atoms with Gasteiger partial charge in [0.1, 0.15) is 23.4 Å². The minimum absolute atomic E-state index is 0.00272. The maximum Gasteiger partial charge on any atom is 0.326 e. The number of carbonyl (C=O) groups is 2. The second-order valence-corrected chi connectivity index (χ2v) is 5.72. The number of nitrogens with one attached hydrogen (secondary N) is 1. The highest BCUT2D eigenvalue weighted by Crippen LogP contribution is 2.34. The summed E-state index contributed by atoms with van der Waals surface area (Å²) in [5.74, 6) is -0.792. The van der Waals surface area contributed by atoms with Crippen molar-refractivity contribution >= 4 is 23.5 Å². The lowest BCUT2D eigenvalue weighted by molar-refractivity contribution is -0.130. The van der Waals surface area contributed by atoms with Crippen LogP contribution in [-0.4, -0.2) is 63.1 Å². The van der Waals surface area contributed by atoms with Gasteiger partial charge in [0.05, 0.1) is 12.7 Å². The number of alkyl halides is 1. The van der Waals surface area contributed by atoms with Gasteiger partial charge in [0.25, 0.3) is 5.91 Å². The molecule has 0 aromatic rings. The molecule has 2 saturated heterocycles. The van der Waals surface area contributed by atoms with E-state index < -0.39 is 48.0 Å². The number of ether oxygens (including phenoxy) is 1. The first-order valence-corrected chi connectivity index (χ1v) is 6.52. The largest absolute Gasteiger partial charge is 0.394 e. The van der Waals surface area contributed by atoms with Crippen LogP contribution in [0.25, 0.3) is 10.4 Å². The van der Waals surface area contributed by atoms with Gasteiger partial charge in [-0.05, 0) is 12.5 Å². The Kier molecular flexibility index (Phi) is 4.26. The third kappa shape index (κ3) is 2.63. The Hall–Kier alpha value is -1.58. The van der Waals surface area contributed by atoms with Gasteiger partial charge in [-0.15, -0.1) is 11.6 Å². The Morgan fingerprint density at radius 3 is 2.86 bits per heavy atom. The molecule has 2 unspecified atom stereocenters. The monoisotopic (exact) mass is 319 g/mol. The molecule has 3 N–H and O–H groups in total. The molecule has 116 valence electrons. The van der Waals surface area contributed by atoms with Crippen molar-refractivity contribution in [3.63, 3.8) is 0 Å². The minimum atomic E-state index is -1.67. The molecule has 0 aliphatic carbocycles. The molecule has 0 saturated carbocycles. The summed E-state index contributed by atoms with van der Waals surface area (Å²) in [6.07, 6.45) is -4.15. The number of hydrogen-bond acceptors (Lipinski definition) is 6. The Labute approximate surface area is 124 Å². The van der Waals surface area contributed by atoms with Crippen LogP contribution in [0.15, 0.2) is 5.11 Å². The third-order valence-electron chi connectivity index (χ3n) is 3.50. The molecular formula is C10H14ClN5O5. The summed E-state index contributed by atoms with van der Waals surface area (Å²) in [6.45, 7) is 0.869. The zero-order chi connectivity index (χ0) is 15.8. The smallest absolute Gasteiger partial charge is 0.326 e. The van der Waals surface area contributed by atoms with E-state index in [-0.39, 0.29) is 6.42 Å². The molecule has 2 fully saturated rings. The van der Waals surface area contributed by atoms with E-state index in [0.717, 1.165) is 4.90 Å². The molecule has 0 spiro atoms. The van der Waals surface area contributed by atoms with Crippen molar-refractivity contribution in [1.29, 1.82) is 0 Å². The zero-order valence-electron chi connectivity index (χ0n) is 11.0. The molecule has 2 rings (SSSR count). The number of azide groups is 1. The summed E-state index contributed by atoms with van der Waals surface area (Å²) in [4.78, 5) is 25.6. The summed E-state index contributed by atoms with van der Waals surface area (Å²) in [5.41, 5.74) is 8.63. The van der Waals surface area contributed by atoms with Crippen LogP contribution in [-0.2, 0) is 9.53 Å². The summed E-state index contributed by atoms with van der Waals surface area (Å²) in [7, 11) is 0. The normalized spacial score (nSPS) is 39.9. The average molecular weight is 320 g/mol. The van der Waals surface area contributed by atoms with Crippen LogP contribution >= 0.6 is 11.6 Å². The van der Waals surface area contributed by atoms with Crippen molar-refractivity contribution in [2.24, 2.45) is 5.11 Å². The first-order chi connectivity index (χ1) is 9.82. The fourth-order valence-electron chi connectivity index (χ4n) is 2.32. The van der Waals surface area contributed by atoms with Crippen molar-refractivity contribution in [2.75, 3.05) is 6.61 Å². The maximum absolute atomic E-state index is 12.0. The molecule has 5 atom stereocenters. The highest BCUT2D eigenvalue weighted by molar-refractivity contribution is 6.37. The van der Waals surface area contributed by atoms with Gasteiger partial charge in [-0.2, -0.15) is 0 Å². The molecule has 11 heteroatoms. The van der Waals surface area contributed by atoms with Gasteiger partial charge in [0, 0.05) is 11.3 Å². The fourth-order valence-corrected chi connectivity index (χ4v) is 2.52. The zero-order valence-corrected chi connectivity index (χ0v) is 11.8. The van der Waals surface area contributed by atoms with Crippen LogP contribution in [0.2, 0.25) is 0 Å². The van der Waals surface area contributed by atoms with Crippen molar-refractivity contribution in [3.05, 3.63) is 10.4 Å². The number of urea groups is 1. The van der Waals surface area contributed by atoms with Gasteiger partial charge in [-0.3, -0.25) is 15.0 Å². The SMILES string of the molecule is CC1(Cl)C(=O)NC(=O)N([C@H]2C[C@H](O)[C@@H](CO)O2)C1N=[N+]=[N-]. The molecular weight excluding hydrogens is 306 g/mol. The summed E-state index contributed by atoms with van der Waals surface area (Å²) < 4.78 is 5.35. The van der Waals surface area contributed by atoms with Crippen LogP contribution in [0, 0.1) is 0 Å². The number of carbonyl (C=O) groups excluding carboxylic acids is 2. The molecule has 2 aliphatic heterocycles. The molecule has 0 aromatic carbocycles. The second kappa shape index (κ2) is 5.66. The minimum Gasteiger partial charge on any atom is -0.394 e. The van der Waals surface area contributed by atoms with Crippen molar-refractivity contribution in [1.82, 2.24) is 10.2 Å². The number of rotatable bonds is 3. The molecule has 0 aromatic heterocycles. The van der Waals surface area contributed by atoms with Crippen LogP contribution < -0.4 is 5.32 Å². The predicted octanol–water partition coefficient (Wildman–Crippen LogP) is -0.360. The van der Waals surface area contributed by atoms with E-state index in [1.165, 1.54) is 6.92 Å². The molecule has 0 radical (unpaired) electrons. The summed E-state index contributed by atoms with van der Waals surface area (Å²) in [5, 5.41) is 24.2. The Balaban J connectivity index is 2.33. The highest BCUT2D eigenvalue weighted by Gasteiger charge is 2.53. The molecule has 0 bridgehead atoms. The number of aliphatic hydroxyl groups excluding tert-OH is 2. The third-order valence-corrected chi connectivity index (χ3v) is 3.87. The Morgan fingerprint density at radius 2 is 2.33 bits per heavy atom. The van der Waals surface area contributed by atoms with E-state index in [1.807, 2.05) is 5.32 Å². The second-order valence-electron chi connectivity index (χ2n) is 4.94. The van der Waals surface area contributed by atoms with Gasteiger partial charge >= 0.3 is 6.03 Å². The van der Waals surface area contributed by atoms with Crippen LogP contribution in [0.5, 0.6) is 0 Å². The number of halogens is 1. The van der Waals surface area contributed by atoms with E-state index in [9.17, 15) is 14.7 Å². The topological polar surface area (TPSA) is 148 Å². The first-order valence-electron chi connectivity index (χ1n) is 6.14. The fraction of sp³-hybridized carbons (Fsp3) is 0.800. The van der Waals surface area contributed by atoms with Crippen molar-refractivity contribution in [3.8, 4) is 0 Å². The highest BCUT2D eigenvalue weighted by atomic mass is 35.5. The van der Waals surface area contributed by atoms with E-state index in [4.69, 9.17) is 27.0 Å². The van der Waals surface area contributed by atoms with Gasteiger partial charge in [-0.1, -0.05) is 5.11 Å². The summed E-state index contributed by atoms with van der Waals surface area (Å²) >= 11 is 6.07. The maximum atomic E-state index is 12.0. The van der Waals surface area contributed by atoms with Crippen LogP contribution in [0.1, 0.15) is 13.3 Å². The van der Waals surface area contributed by atoms with Gasteiger partial charge < -0.3 is 14.9 Å². The van der Waals surface area contributed by atoms with E-state index >= 15 is 0 Å². The van der Waals surface area contributed by atoms with Crippen molar-refractivity contribution in [2.45, 2.75) is 42.8 Å². The van der Waals surface area contributed by atoms with E-state index in [0.29, 0.717) is 0 Å². The van der Waals surface area contributed by atoms with Gasteiger partial charge in [0.2, 0.25) is 0 Å². The molecule has 10 nitrogen and oxygen atoms in total. The number of amides is 3. The average Bonchev–Trinajstić information content (AvgIpc) is 2.77. The van der Waals surface area contributed by atoms with Gasteiger partial charge in [-0.25, -0.2) is 4.79 Å². The quantitative estimate of drug-likeness (QED) is 0.281. The van der Waals surface area contributed by atoms with E-state index in [2.05, 4.69) is 10.0 Å². The predicted molar refractivity (Wildman–Crippen MR) is 68.9 cm³/mol.